The van der Waals surface area contributed by atoms with Crippen LogP contribution in [0.5, 0.6) is 5.75 Å². The van der Waals surface area contributed by atoms with Crippen LogP contribution in [0.3, 0.4) is 0 Å². The molecule has 0 bridgehead atoms. The number of ether oxygens (including phenoxy) is 1. The van der Waals surface area contributed by atoms with E-state index in [0.717, 1.165) is 11.6 Å². The zero-order valence-corrected chi connectivity index (χ0v) is 11.8. The van der Waals surface area contributed by atoms with Gasteiger partial charge in [0.05, 0.1) is 13.7 Å². The maximum Gasteiger partial charge on any atom is 0.251 e. The molecule has 0 atom stereocenters. The van der Waals surface area contributed by atoms with Crippen LogP contribution < -0.4 is 10.1 Å². The van der Waals surface area contributed by atoms with Crippen molar-refractivity contribution in [3.8, 4) is 5.75 Å². The van der Waals surface area contributed by atoms with Gasteiger partial charge in [0.1, 0.15) is 12.1 Å². The van der Waals surface area contributed by atoms with Gasteiger partial charge in [0, 0.05) is 11.6 Å². The van der Waals surface area contributed by atoms with Crippen LogP contribution in [0, 0.1) is 0 Å². The summed E-state index contributed by atoms with van der Waals surface area (Å²) in [5, 5.41) is 10.7. The quantitative estimate of drug-likeness (QED) is 0.902. The molecule has 0 saturated heterocycles. The van der Waals surface area contributed by atoms with E-state index in [4.69, 9.17) is 4.74 Å². The Bertz CT molecular complexity index is 575. The number of rotatable bonds is 5. The van der Waals surface area contributed by atoms with Crippen LogP contribution in [0.2, 0.25) is 0 Å². The van der Waals surface area contributed by atoms with E-state index in [-0.39, 0.29) is 11.9 Å². The summed E-state index contributed by atoms with van der Waals surface area (Å²) in [6.07, 6.45) is 1.67. The summed E-state index contributed by atoms with van der Waals surface area (Å²) in [7, 11) is 1.59. The molecule has 2 rings (SSSR count). The fraction of sp³-hybridized carbons (Fsp3) is 0.357. The first-order chi connectivity index (χ1) is 9.61. The van der Waals surface area contributed by atoms with Crippen LogP contribution in [-0.4, -0.2) is 27.8 Å². The van der Waals surface area contributed by atoms with Gasteiger partial charge < -0.3 is 14.6 Å². The maximum atomic E-state index is 12.0. The number of carbonyl (C=O) groups is 1. The molecule has 106 valence electrons. The molecule has 0 unspecified atom stereocenters. The molecule has 1 heterocycles. The van der Waals surface area contributed by atoms with Crippen LogP contribution >= 0.6 is 0 Å². The minimum Gasteiger partial charge on any atom is -0.497 e. The average molecular weight is 274 g/mol. The monoisotopic (exact) mass is 274 g/mol. The molecule has 0 aliphatic carbocycles. The Kier molecular flexibility index (Phi) is 4.34. The second kappa shape index (κ2) is 6.18. The van der Waals surface area contributed by atoms with E-state index in [9.17, 15) is 4.79 Å². The first-order valence-corrected chi connectivity index (χ1v) is 6.42. The standard InChI is InChI=1S/C14H18N4O2/c1-10(2)18-9-16-17-13(18)8-15-14(19)11-4-6-12(20-3)7-5-11/h4-7,9-10H,8H2,1-3H3,(H,15,19). The number of nitrogens with zero attached hydrogens (tertiary/aromatic N) is 3. The van der Waals surface area contributed by atoms with Gasteiger partial charge in [-0.05, 0) is 38.1 Å². The van der Waals surface area contributed by atoms with Gasteiger partial charge in [0.15, 0.2) is 5.82 Å². The third kappa shape index (κ3) is 3.14. The molecule has 1 N–H and O–H groups in total. The second-order valence-corrected chi connectivity index (χ2v) is 4.66. The number of amides is 1. The van der Waals surface area contributed by atoms with Gasteiger partial charge in [-0.25, -0.2) is 0 Å². The van der Waals surface area contributed by atoms with E-state index in [0.29, 0.717) is 12.1 Å². The van der Waals surface area contributed by atoms with Gasteiger partial charge in [-0.15, -0.1) is 10.2 Å². The fourth-order valence-corrected chi connectivity index (χ4v) is 1.83. The highest BCUT2D eigenvalue weighted by atomic mass is 16.5. The second-order valence-electron chi connectivity index (χ2n) is 4.66. The van der Waals surface area contributed by atoms with Crippen molar-refractivity contribution in [2.24, 2.45) is 0 Å². The van der Waals surface area contributed by atoms with Gasteiger partial charge in [-0.1, -0.05) is 0 Å². The van der Waals surface area contributed by atoms with Crippen molar-refractivity contribution in [1.29, 1.82) is 0 Å². The lowest BCUT2D eigenvalue weighted by Crippen LogP contribution is -2.25. The molecule has 1 aromatic heterocycles. The molecule has 0 radical (unpaired) electrons. The van der Waals surface area contributed by atoms with Crippen molar-refractivity contribution < 1.29 is 9.53 Å². The summed E-state index contributed by atoms with van der Waals surface area (Å²) in [5.41, 5.74) is 0.585. The number of hydrogen-bond acceptors (Lipinski definition) is 4. The molecule has 20 heavy (non-hydrogen) atoms. The Balaban J connectivity index is 1.99. The van der Waals surface area contributed by atoms with Crippen molar-refractivity contribution in [3.63, 3.8) is 0 Å². The molecule has 1 aromatic carbocycles. The maximum absolute atomic E-state index is 12.0. The molecule has 6 heteroatoms. The van der Waals surface area contributed by atoms with Gasteiger partial charge in [0.2, 0.25) is 0 Å². The molecule has 2 aromatic rings. The zero-order valence-electron chi connectivity index (χ0n) is 11.8. The lowest BCUT2D eigenvalue weighted by molar-refractivity contribution is 0.0949. The Morgan fingerprint density at radius 3 is 2.65 bits per heavy atom. The summed E-state index contributed by atoms with van der Waals surface area (Å²) in [6.45, 7) is 4.43. The van der Waals surface area contributed by atoms with E-state index >= 15 is 0 Å². The first kappa shape index (κ1) is 14.0. The summed E-state index contributed by atoms with van der Waals surface area (Å²) in [6, 6.07) is 7.22. The van der Waals surface area contributed by atoms with E-state index in [1.807, 2.05) is 18.4 Å². The fourth-order valence-electron chi connectivity index (χ4n) is 1.83. The summed E-state index contributed by atoms with van der Waals surface area (Å²) in [4.78, 5) is 12.0. The van der Waals surface area contributed by atoms with Crippen LogP contribution in [0.4, 0.5) is 0 Å². The van der Waals surface area contributed by atoms with Crippen LogP contribution in [0.15, 0.2) is 30.6 Å². The van der Waals surface area contributed by atoms with Crippen molar-refractivity contribution in [1.82, 2.24) is 20.1 Å². The molecule has 0 spiro atoms. The van der Waals surface area contributed by atoms with Crippen LogP contribution in [0.25, 0.3) is 0 Å². The molecule has 1 amide bonds. The van der Waals surface area contributed by atoms with E-state index < -0.39 is 0 Å². The van der Waals surface area contributed by atoms with Crippen LogP contribution in [-0.2, 0) is 6.54 Å². The van der Waals surface area contributed by atoms with Gasteiger partial charge in [-0.2, -0.15) is 0 Å². The highest BCUT2D eigenvalue weighted by Gasteiger charge is 2.10. The number of hydrogen-bond donors (Lipinski definition) is 1. The molecular formula is C14H18N4O2. The SMILES string of the molecule is COc1ccc(C(=O)NCc2nncn2C(C)C)cc1. The third-order valence-corrected chi connectivity index (χ3v) is 2.96. The Morgan fingerprint density at radius 2 is 2.05 bits per heavy atom. The average Bonchev–Trinajstić information content (AvgIpc) is 2.93. The summed E-state index contributed by atoms with van der Waals surface area (Å²) >= 11 is 0. The van der Waals surface area contributed by atoms with Gasteiger partial charge in [0.25, 0.3) is 5.91 Å². The lowest BCUT2D eigenvalue weighted by atomic mass is 10.2. The summed E-state index contributed by atoms with van der Waals surface area (Å²) in [5.74, 6) is 1.31. The number of nitrogens with one attached hydrogen (secondary N) is 1. The molecular weight excluding hydrogens is 256 g/mol. The zero-order chi connectivity index (χ0) is 14.5. The Hall–Kier alpha value is -2.37. The minimum atomic E-state index is -0.147. The predicted octanol–water partition coefficient (Wildman–Crippen LogP) is 1.80. The third-order valence-electron chi connectivity index (χ3n) is 2.96. The highest BCUT2D eigenvalue weighted by molar-refractivity contribution is 5.94. The normalized spacial score (nSPS) is 10.6. The van der Waals surface area contributed by atoms with Crippen molar-refractivity contribution in [3.05, 3.63) is 42.0 Å². The van der Waals surface area contributed by atoms with E-state index in [1.54, 1.807) is 37.7 Å². The topological polar surface area (TPSA) is 69.0 Å². The number of methoxy groups -OCH3 is 1. The first-order valence-electron chi connectivity index (χ1n) is 6.42. The van der Waals surface area contributed by atoms with E-state index in [1.165, 1.54) is 0 Å². The van der Waals surface area contributed by atoms with Crippen molar-refractivity contribution in [2.45, 2.75) is 26.4 Å². The highest BCUT2D eigenvalue weighted by Crippen LogP contribution is 2.11. The predicted molar refractivity (Wildman–Crippen MR) is 74.6 cm³/mol. The Labute approximate surface area is 117 Å². The molecule has 6 nitrogen and oxygen atoms in total. The number of aromatic nitrogens is 3. The smallest absolute Gasteiger partial charge is 0.251 e. The number of benzene rings is 1. The molecule has 0 fully saturated rings. The van der Waals surface area contributed by atoms with Crippen molar-refractivity contribution in [2.75, 3.05) is 7.11 Å². The number of carbonyl (C=O) groups excluding carboxylic acids is 1. The van der Waals surface area contributed by atoms with Gasteiger partial charge >= 0.3 is 0 Å². The lowest BCUT2D eigenvalue weighted by Gasteiger charge is -2.10. The van der Waals surface area contributed by atoms with Gasteiger partial charge in [-0.3, -0.25) is 4.79 Å². The minimum absolute atomic E-state index is 0.147. The summed E-state index contributed by atoms with van der Waals surface area (Å²) < 4.78 is 6.98. The van der Waals surface area contributed by atoms with E-state index in [2.05, 4.69) is 15.5 Å². The van der Waals surface area contributed by atoms with Crippen LogP contribution in [0.1, 0.15) is 36.1 Å². The van der Waals surface area contributed by atoms with Crippen molar-refractivity contribution >= 4 is 5.91 Å². The largest absolute Gasteiger partial charge is 0.497 e. The Morgan fingerprint density at radius 1 is 1.35 bits per heavy atom. The molecule has 0 saturated carbocycles. The molecule has 0 aliphatic heterocycles. The molecule has 0 aliphatic rings.